The molecule has 1 aromatic carbocycles. The molecule has 0 fully saturated rings. The number of carbonyl (C=O) groups is 2. The van der Waals surface area contributed by atoms with Gasteiger partial charge in [-0.2, -0.15) is 0 Å². The van der Waals surface area contributed by atoms with Gasteiger partial charge in [0.05, 0.1) is 12.4 Å². The molecular formula is C14H17NO5S. The first kappa shape index (κ1) is 15.5. The Balaban J connectivity index is 1.96. The Morgan fingerprint density at radius 2 is 2.19 bits per heavy atom. The lowest BCUT2D eigenvalue weighted by Crippen LogP contribution is -2.43. The van der Waals surface area contributed by atoms with E-state index in [2.05, 4.69) is 5.32 Å². The number of hydrogen-bond acceptors (Lipinski definition) is 4. The summed E-state index contributed by atoms with van der Waals surface area (Å²) in [6, 6.07) is 6.42. The van der Waals surface area contributed by atoms with Crippen LogP contribution in [0.15, 0.2) is 24.3 Å². The molecule has 0 bridgehead atoms. The number of hydrogen-bond donors (Lipinski definition) is 2. The highest BCUT2D eigenvalue weighted by Gasteiger charge is 2.28. The number of fused-ring (bicyclic) bond motifs is 1. The van der Waals surface area contributed by atoms with E-state index in [1.165, 1.54) is 6.92 Å². The van der Waals surface area contributed by atoms with E-state index < -0.39 is 28.7 Å². The summed E-state index contributed by atoms with van der Waals surface area (Å²) in [5.74, 6) is -0.631. The third-order valence-corrected chi connectivity index (χ3v) is 4.69. The van der Waals surface area contributed by atoms with Crippen molar-refractivity contribution in [1.29, 1.82) is 0 Å². The first-order valence-electron chi connectivity index (χ1n) is 6.54. The molecule has 2 rings (SSSR count). The normalized spacial score (nSPS) is 19.2. The number of carboxylic acid groups (broad SMARTS) is 1. The average molecular weight is 311 g/mol. The van der Waals surface area contributed by atoms with E-state index in [1.54, 1.807) is 0 Å². The maximum absolute atomic E-state index is 12.1. The lowest BCUT2D eigenvalue weighted by Gasteiger charge is -2.14. The fourth-order valence-electron chi connectivity index (χ4n) is 2.27. The molecule has 0 aliphatic carbocycles. The molecule has 114 valence electrons. The second-order valence-electron chi connectivity index (χ2n) is 4.91. The maximum atomic E-state index is 12.1. The van der Waals surface area contributed by atoms with E-state index in [0.717, 1.165) is 11.3 Å². The lowest BCUT2D eigenvalue weighted by molar-refractivity contribution is -0.140. The van der Waals surface area contributed by atoms with Gasteiger partial charge in [-0.25, -0.2) is 4.79 Å². The van der Waals surface area contributed by atoms with Crippen LogP contribution in [0.5, 0.6) is 5.75 Å². The highest BCUT2D eigenvalue weighted by atomic mass is 32.2. The van der Waals surface area contributed by atoms with Gasteiger partial charge in [0.25, 0.3) is 0 Å². The number of para-hydroxylation sites is 1. The number of rotatable bonds is 6. The van der Waals surface area contributed by atoms with Crippen LogP contribution in [0.1, 0.15) is 18.4 Å². The van der Waals surface area contributed by atoms with Crippen LogP contribution in [0.4, 0.5) is 0 Å². The Bertz CT molecular complexity index is 574. The van der Waals surface area contributed by atoms with Crippen molar-refractivity contribution >= 4 is 22.7 Å². The van der Waals surface area contributed by atoms with E-state index in [-0.39, 0.29) is 11.7 Å². The molecule has 2 N–H and O–H groups in total. The van der Waals surface area contributed by atoms with Crippen LogP contribution in [0.25, 0.3) is 0 Å². The van der Waals surface area contributed by atoms with E-state index in [4.69, 9.17) is 9.84 Å². The minimum atomic E-state index is -1.36. The minimum Gasteiger partial charge on any atom is -0.493 e. The molecule has 0 aromatic heterocycles. The molecule has 0 spiro atoms. The predicted octanol–water partition coefficient (Wildman–Crippen LogP) is 0.501. The van der Waals surface area contributed by atoms with Crippen LogP contribution in [0.3, 0.4) is 0 Å². The van der Waals surface area contributed by atoms with Gasteiger partial charge in [0.1, 0.15) is 11.8 Å². The number of aliphatic carboxylic acids is 1. The monoisotopic (exact) mass is 311 g/mol. The maximum Gasteiger partial charge on any atom is 0.327 e. The number of benzene rings is 1. The summed E-state index contributed by atoms with van der Waals surface area (Å²) in [6.07, 6.45) is 0. The number of carbonyl (C=O) groups excluding carboxylic acids is 1. The zero-order chi connectivity index (χ0) is 15.4. The Morgan fingerprint density at radius 1 is 1.48 bits per heavy atom. The van der Waals surface area contributed by atoms with Crippen molar-refractivity contribution < 1.29 is 23.6 Å². The van der Waals surface area contributed by atoms with Gasteiger partial charge < -0.3 is 15.2 Å². The largest absolute Gasteiger partial charge is 0.493 e. The van der Waals surface area contributed by atoms with Gasteiger partial charge in [0.2, 0.25) is 5.91 Å². The molecule has 2 unspecified atom stereocenters. The van der Waals surface area contributed by atoms with Crippen molar-refractivity contribution in [3.63, 3.8) is 0 Å². The summed E-state index contributed by atoms with van der Waals surface area (Å²) >= 11 is 0. The Morgan fingerprint density at radius 3 is 2.86 bits per heavy atom. The Labute approximate surface area is 125 Å². The molecule has 1 amide bonds. The minimum absolute atomic E-state index is 0.00573. The molecule has 1 aliphatic rings. The molecule has 1 aliphatic heterocycles. The van der Waals surface area contributed by atoms with Crippen LogP contribution in [-0.4, -0.2) is 45.3 Å². The molecule has 7 heteroatoms. The highest BCUT2D eigenvalue weighted by Crippen LogP contribution is 2.33. The summed E-state index contributed by atoms with van der Waals surface area (Å²) < 4.78 is 17.7. The molecule has 6 nitrogen and oxygen atoms in total. The van der Waals surface area contributed by atoms with E-state index >= 15 is 0 Å². The number of ether oxygens (including phenoxy) is 1. The fraction of sp³-hybridized carbons (Fsp3) is 0.429. The van der Waals surface area contributed by atoms with E-state index in [9.17, 15) is 13.8 Å². The van der Waals surface area contributed by atoms with Crippen LogP contribution in [0.2, 0.25) is 0 Å². The van der Waals surface area contributed by atoms with Crippen LogP contribution in [-0.2, 0) is 20.4 Å². The smallest absolute Gasteiger partial charge is 0.327 e. The second-order valence-corrected chi connectivity index (χ2v) is 6.46. The molecular weight excluding hydrogens is 294 g/mol. The zero-order valence-corrected chi connectivity index (χ0v) is 12.4. The van der Waals surface area contributed by atoms with Gasteiger partial charge in [-0.15, -0.1) is 0 Å². The van der Waals surface area contributed by atoms with Crippen molar-refractivity contribution in [2.45, 2.75) is 18.9 Å². The van der Waals surface area contributed by atoms with E-state index in [0.29, 0.717) is 12.4 Å². The number of carboxylic acids is 1. The predicted molar refractivity (Wildman–Crippen MR) is 77.8 cm³/mol. The number of amides is 1. The molecule has 21 heavy (non-hydrogen) atoms. The summed E-state index contributed by atoms with van der Waals surface area (Å²) in [6.45, 7) is 1.68. The standard InChI is InChI=1S/C14H17NO5S/c1-9(16)15-12(14(17)18)8-21(19)7-10-6-20-13-5-3-2-4-11(10)13/h2-5,10,12H,6-8H2,1H3,(H,15,16)(H,17,18)/t10?,12-,21?/m0/s1. The van der Waals surface area contributed by atoms with Gasteiger partial charge in [-0.3, -0.25) is 9.00 Å². The molecule has 3 atom stereocenters. The third kappa shape index (κ3) is 4.04. The molecule has 1 aromatic rings. The number of nitrogens with one attached hydrogen (secondary N) is 1. The van der Waals surface area contributed by atoms with Gasteiger partial charge in [-0.1, -0.05) is 18.2 Å². The molecule has 0 saturated carbocycles. The Hall–Kier alpha value is -1.89. The first-order chi connectivity index (χ1) is 9.97. The summed E-state index contributed by atoms with van der Waals surface area (Å²) in [4.78, 5) is 22.0. The summed E-state index contributed by atoms with van der Waals surface area (Å²) in [7, 11) is -1.36. The Kier molecular flexibility index (Phi) is 4.95. The molecule has 1 heterocycles. The average Bonchev–Trinajstić information content (AvgIpc) is 2.81. The highest BCUT2D eigenvalue weighted by molar-refractivity contribution is 7.85. The van der Waals surface area contributed by atoms with Crippen LogP contribution < -0.4 is 10.1 Å². The molecule has 0 radical (unpaired) electrons. The van der Waals surface area contributed by atoms with Gasteiger partial charge >= 0.3 is 5.97 Å². The summed E-state index contributed by atoms with van der Waals surface area (Å²) in [5, 5.41) is 11.3. The second kappa shape index (κ2) is 6.71. The third-order valence-electron chi connectivity index (χ3n) is 3.21. The van der Waals surface area contributed by atoms with Gasteiger partial charge in [0, 0.05) is 35.0 Å². The van der Waals surface area contributed by atoms with Crippen LogP contribution in [0, 0.1) is 0 Å². The van der Waals surface area contributed by atoms with Crippen molar-refractivity contribution in [3.8, 4) is 5.75 Å². The van der Waals surface area contributed by atoms with Gasteiger partial charge in [0.15, 0.2) is 0 Å². The van der Waals surface area contributed by atoms with Gasteiger partial charge in [-0.05, 0) is 6.07 Å². The molecule has 0 saturated heterocycles. The van der Waals surface area contributed by atoms with Crippen molar-refractivity contribution in [1.82, 2.24) is 5.32 Å². The zero-order valence-electron chi connectivity index (χ0n) is 11.6. The lowest BCUT2D eigenvalue weighted by atomic mass is 10.0. The quantitative estimate of drug-likeness (QED) is 0.798. The fourth-order valence-corrected chi connectivity index (χ4v) is 3.72. The van der Waals surface area contributed by atoms with Crippen molar-refractivity contribution in [2.24, 2.45) is 0 Å². The SMILES string of the molecule is CC(=O)N[C@@H](CS(=O)CC1COc2ccccc21)C(=O)O. The van der Waals surface area contributed by atoms with Crippen LogP contribution >= 0.6 is 0 Å². The van der Waals surface area contributed by atoms with E-state index in [1.807, 2.05) is 24.3 Å². The summed E-state index contributed by atoms with van der Waals surface area (Å²) in [5.41, 5.74) is 0.997. The van der Waals surface area contributed by atoms with Crippen molar-refractivity contribution in [2.75, 3.05) is 18.1 Å². The topological polar surface area (TPSA) is 92.7 Å². The first-order valence-corrected chi connectivity index (χ1v) is 8.02. The van der Waals surface area contributed by atoms with Crippen molar-refractivity contribution in [3.05, 3.63) is 29.8 Å².